The molecule has 0 aromatic carbocycles. The van der Waals surface area contributed by atoms with E-state index in [2.05, 4.69) is 27.6 Å². The fourth-order valence-electron chi connectivity index (χ4n) is 3.23. The Kier molecular flexibility index (Phi) is 4.66. The maximum Gasteiger partial charge on any atom is 0.142 e. The quantitative estimate of drug-likeness (QED) is 0.866. The van der Waals surface area contributed by atoms with Gasteiger partial charge in [0.1, 0.15) is 5.01 Å². The highest BCUT2D eigenvalue weighted by atomic mass is 32.1. The molecule has 1 saturated carbocycles. The van der Waals surface area contributed by atoms with Gasteiger partial charge >= 0.3 is 0 Å². The van der Waals surface area contributed by atoms with Crippen LogP contribution < -0.4 is 5.32 Å². The van der Waals surface area contributed by atoms with Crippen molar-refractivity contribution in [1.82, 2.24) is 15.3 Å². The Hall–Kier alpha value is -1.26. The lowest BCUT2D eigenvalue weighted by atomic mass is 9.83. The van der Waals surface area contributed by atoms with Gasteiger partial charge in [0.2, 0.25) is 0 Å². The lowest BCUT2D eigenvalue weighted by Crippen LogP contribution is -2.31. The number of nitrogens with one attached hydrogen (secondary N) is 1. The monoisotopic (exact) mass is 301 g/mol. The smallest absolute Gasteiger partial charge is 0.142 e. The molecule has 0 saturated heterocycles. The van der Waals surface area contributed by atoms with Gasteiger partial charge in [-0.05, 0) is 36.8 Å². The molecule has 2 aromatic rings. The molecule has 0 atom stereocenters. The summed E-state index contributed by atoms with van der Waals surface area (Å²) in [5.41, 5.74) is 2.64. The third-order valence-electron chi connectivity index (χ3n) is 4.66. The number of nitrogens with zero attached hydrogens (tertiary/aromatic N) is 2. The first kappa shape index (κ1) is 14.7. The molecule has 2 heterocycles. The van der Waals surface area contributed by atoms with E-state index >= 15 is 0 Å². The largest absolute Gasteiger partial charge is 0.311 e. The van der Waals surface area contributed by atoms with Crippen molar-refractivity contribution < 1.29 is 0 Å². The molecule has 112 valence electrons. The predicted molar refractivity (Wildman–Crippen MR) is 88.2 cm³/mol. The van der Waals surface area contributed by atoms with Crippen LogP contribution in [0.2, 0.25) is 0 Å². The van der Waals surface area contributed by atoms with Gasteiger partial charge in [-0.15, -0.1) is 11.3 Å². The van der Waals surface area contributed by atoms with Crippen molar-refractivity contribution in [3.05, 3.63) is 35.5 Å². The minimum absolute atomic E-state index is 0.542. The van der Waals surface area contributed by atoms with E-state index in [4.69, 9.17) is 0 Å². The molecule has 0 aliphatic heterocycles. The minimum atomic E-state index is 0.542. The number of hydrogen-bond acceptors (Lipinski definition) is 4. The van der Waals surface area contributed by atoms with Crippen molar-refractivity contribution in [3.63, 3.8) is 0 Å². The zero-order chi connectivity index (χ0) is 14.5. The number of rotatable bonds is 6. The average Bonchev–Trinajstić information content (AvgIpc) is 3.18. The predicted octanol–water partition coefficient (Wildman–Crippen LogP) is 4.27. The van der Waals surface area contributed by atoms with Gasteiger partial charge < -0.3 is 5.32 Å². The van der Waals surface area contributed by atoms with Crippen molar-refractivity contribution in [3.8, 4) is 10.7 Å². The van der Waals surface area contributed by atoms with Crippen LogP contribution in [0.15, 0.2) is 29.8 Å². The summed E-state index contributed by atoms with van der Waals surface area (Å²) in [6.07, 6.45) is 8.67. The number of hydrogen-bond donors (Lipinski definition) is 1. The van der Waals surface area contributed by atoms with E-state index in [1.165, 1.54) is 32.1 Å². The number of aromatic nitrogens is 2. The van der Waals surface area contributed by atoms with Crippen LogP contribution in [0.3, 0.4) is 0 Å². The zero-order valence-electron chi connectivity index (χ0n) is 12.6. The summed E-state index contributed by atoms with van der Waals surface area (Å²) in [4.78, 5) is 9.04. The Morgan fingerprint density at radius 1 is 1.29 bits per heavy atom. The average molecular weight is 301 g/mol. The molecule has 0 radical (unpaired) electrons. The van der Waals surface area contributed by atoms with Crippen LogP contribution in [0, 0.1) is 5.41 Å². The maximum absolute atomic E-state index is 4.69. The van der Waals surface area contributed by atoms with Gasteiger partial charge in [-0.25, -0.2) is 4.98 Å². The fraction of sp³-hybridized carbons (Fsp3) is 0.529. The Morgan fingerprint density at radius 3 is 2.86 bits per heavy atom. The van der Waals surface area contributed by atoms with Crippen LogP contribution >= 0.6 is 11.3 Å². The first-order valence-electron chi connectivity index (χ1n) is 7.88. The van der Waals surface area contributed by atoms with Crippen LogP contribution in [0.4, 0.5) is 0 Å². The lowest BCUT2D eigenvalue weighted by Gasteiger charge is -2.27. The zero-order valence-corrected chi connectivity index (χ0v) is 13.5. The molecule has 0 unspecified atom stereocenters. The highest BCUT2D eigenvalue weighted by molar-refractivity contribution is 7.13. The normalized spacial score (nSPS) is 17.2. The Labute approximate surface area is 130 Å². The van der Waals surface area contributed by atoms with Crippen molar-refractivity contribution >= 4 is 11.3 Å². The van der Waals surface area contributed by atoms with Crippen LogP contribution in [0.25, 0.3) is 10.7 Å². The molecular weight excluding hydrogens is 278 g/mol. The van der Waals surface area contributed by atoms with Crippen molar-refractivity contribution in [2.75, 3.05) is 6.54 Å². The number of pyridine rings is 1. The summed E-state index contributed by atoms with van der Waals surface area (Å²) < 4.78 is 0. The molecule has 0 spiro atoms. The first-order valence-corrected chi connectivity index (χ1v) is 8.76. The van der Waals surface area contributed by atoms with Gasteiger partial charge in [-0.3, -0.25) is 4.98 Å². The molecule has 1 aliphatic carbocycles. The summed E-state index contributed by atoms with van der Waals surface area (Å²) >= 11 is 1.68. The molecule has 4 heteroatoms. The molecule has 3 nitrogen and oxygen atoms in total. The summed E-state index contributed by atoms with van der Waals surface area (Å²) in [7, 11) is 0. The third-order valence-corrected chi connectivity index (χ3v) is 5.57. The van der Waals surface area contributed by atoms with Crippen LogP contribution in [0.5, 0.6) is 0 Å². The molecule has 21 heavy (non-hydrogen) atoms. The standard InChI is InChI=1S/C17H23N3S/c1-2-17(8-4-5-9-17)13-18-11-14-12-21-16(20-14)15-7-3-6-10-19-15/h3,6-7,10,12,18H,2,4-5,8-9,11,13H2,1H3. The van der Waals surface area contributed by atoms with Crippen molar-refractivity contribution in [2.45, 2.75) is 45.6 Å². The highest BCUT2D eigenvalue weighted by Gasteiger charge is 2.31. The Balaban J connectivity index is 1.56. The molecule has 0 bridgehead atoms. The SMILES string of the molecule is CCC1(CNCc2csc(-c3ccccn3)n2)CCCC1. The van der Waals surface area contributed by atoms with E-state index < -0.39 is 0 Å². The topological polar surface area (TPSA) is 37.8 Å². The van der Waals surface area contributed by atoms with Crippen molar-refractivity contribution in [2.24, 2.45) is 5.41 Å². The van der Waals surface area contributed by atoms with Gasteiger partial charge in [0.15, 0.2) is 0 Å². The van der Waals surface area contributed by atoms with Crippen molar-refractivity contribution in [1.29, 1.82) is 0 Å². The van der Waals surface area contributed by atoms with E-state index in [-0.39, 0.29) is 0 Å². The molecule has 1 aliphatic rings. The van der Waals surface area contributed by atoms with E-state index in [0.717, 1.165) is 29.5 Å². The second-order valence-corrected chi connectivity index (χ2v) is 6.88. The van der Waals surface area contributed by atoms with Crippen LogP contribution in [-0.2, 0) is 6.54 Å². The molecule has 3 rings (SSSR count). The maximum atomic E-state index is 4.69. The first-order chi connectivity index (χ1) is 10.3. The Bertz CT molecular complexity index is 558. The summed E-state index contributed by atoms with van der Waals surface area (Å²) in [5, 5.41) is 6.78. The molecule has 1 N–H and O–H groups in total. The summed E-state index contributed by atoms with van der Waals surface area (Å²) in [6.45, 7) is 4.32. The lowest BCUT2D eigenvalue weighted by molar-refractivity contribution is 0.268. The Morgan fingerprint density at radius 2 is 2.14 bits per heavy atom. The van der Waals surface area contributed by atoms with E-state index in [9.17, 15) is 0 Å². The molecular formula is C17H23N3S. The van der Waals surface area contributed by atoms with Crippen LogP contribution in [0.1, 0.15) is 44.7 Å². The van der Waals surface area contributed by atoms with Gasteiger partial charge in [0, 0.05) is 24.7 Å². The molecule has 2 aromatic heterocycles. The highest BCUT2D eigenvalue weighted by Crippen LogP contribution is 2.40. The van der Waals surface area contributed by atoms with Gasteiger partial charge in [-0.1, -0.05) is 25.8 Å². The second-order valence-electron chi connectivity index (χ2n) is 6.02. The molecule has 1 fully saturated rings. The van der Waals surface area contributed by atoms with E-state index in [0.29, 0.717) is 5.41 Å². The second kappa shape index (κ2) is 6.67. The van der Waals surface area contributed by atoms with Gasteiger partial charge in [0.25, 0.3) is 0 Å². The minimum Gasteiger partial charge on any atom is -0.311 e. The van der Waals surface area contributed by atoms with E-state index in [1.54, 1.807) is 11.3 Å². The number of thiazole rings is 1. The summed E-state index contributed by atoms with van der Waals surface area (Å²) in [6, 6.07) is 5.96. The van der Waals surface area contributed by atoms with E-state index in [1.807, 2.05) is 24.4 Å². The fourth-order valence-corrected chi connectivity index (χ4v) is 4.03. The molecule has 0 amide bonds. The van der Waals surface area contributed by atoms with Gasteiger partial charge in [-0.2, -0.15) is 0 Å². The van der Waals surface area contributed by atoms with Gasteiger partial charge in [0.05, 0.1) is 11.4 Å². The summed E-state index contributed by atoms with van der Waals surface area (Å²) in [5.74, 6) is 0. The van der Waals surface area contributed by atoms with Crippen LogP contribution in [-0.4, -0.2) is 16.5 Å². The third kappa shape index (κ3) is 3.50.